The number of hydrogen-bond acceptors (Lipinski definition) is 3. The van der Waals surface area contributed by atoms with E-state index in [-0.39, 0.29) is 12.5 Å². The molecule has 0 bridgehead atoms. The van der Waals surface area contributed by atoms with Crippen LogP contribution in [0.3, 0.4) is 0 Å². The first-order chi connectivity index (χ1) is 10.5. The molecule has 3 rings (SSSR count). The van der Waals surface area contributed by atoms with E-state index in [0.29, 0.717) is 25.2 Å². The van der Waals surface area contributed by atoms with Crippen molar-refractivity contribution in [1.29, 1.82) is 0 Å². The Bertz CT molecular complexity index is 764. The van der Waals surface area contributed by atoms with Crippen molar-refractivity contribution in [3.8, 4) is 0 Å². The summed E-state index contributed by atoms with van der Waals surface area (Å²) in [5.74, 6) is -0.148. The summed E-state index contributed by atoms with van der Waals surface area (Å²) in [6.45, 7) is 2.82. The van der Waals surface area contributed by atoms with Gasteiger partial charge in [0.2, 0.25) is 10.0 Å². The lowest BCUT2D eigenvalue weighted by molar-refractivity contribution is 0.0788. The van der Waals surface area contributed by atoms with E-state index in [1.54, 1.807) is 11.8 Å². The Hall–Kier alpha value is -1.86. The second-order valence-electron chi connectivity index (χ2n) is 5.48. The molecule has 118 valence electrons. The molecule has 1 amide bonds. The van der Waals surface area contributed by atoms with Gasteiger partial charge in [-0.25, -0.2) is 13.1 Å². The van der Waals surface area contributed by atoms with Crippen LogP contribution >= 0.6 is 0 Å². The molecule has 0 saturated carbocycles. The van der Waals surface area contributed by atoms with Gasteiger partial charge in [0.15, 0.2) is 0 Å². The van der Waals surface area contributed by atoms with E-state index in [4.69, 9.17) is 0 Å². The van der Waals surface area contributed by atoms with Crippen LogP contribution in [0.4, 0.5) is 0 Å². The standard InChI is InChI=1S/C15H19N3O3S/c1-2-16-22(20,21)12-7-8-18(10-12)15(19)14-9-11-5-3-4-6-13(11)17-14/h3-6,9,12,16-17H,2,7-8,10H2,1H3. The number of aromatic nitrogens is 1. The zero-order valence-corrected chi connectivity index (χ0v) is 13.2. The lowest BCUT2D eigenvalue weighted by Crippen LogP contribution is -2.37. The van der Waals surface area contributed by atoms with Crippen LogP contribution in [0.2, 0.25) is 0 Å². The average Bonchev–Trinajstić information content (AvgIpc) is 3.13. The normalized spacial score (nSPS) is 19.0. The van der Waals surface area contributed by atoms with Gasteiger partial charge in [0, 0.05) is 30.5 Å². The second kappa shape index (κ2) is 5.73. The summed E-state index contributed by atoms with van der Waals surface area (Å²) < 4.78 is 26.6. The van der Waals surface area contributed by atoms with Crippen molar-refractivity contribution in [3.63, 3.8) is 0 Å². The van der Waals surface area contributed by atoms with Crippen molar-refractivity contribution in [2.45, 2.75) is 18.6 Å². The largest absolute Gasteiger partial charge is 0.351 e. The van der Waals surface area contributed by atoms with E-state index in [0.717, 1.165) is 10.9 Å². The maximum atomic E-state index is 12.5. The lowest BCUT2D eigenvalue weighted by atomic mass is 10.2. The van der Waals surface area contributed by atoms with Gasteiger partial charge in [0.25, 0.3) is 5.91 Å². The highest BCUT2D eigenvalue weighted by atomic mass is 32.2. The monoisotopic (exact) mass is 321 g/mol. The topological polar surface area (TPSA) is 82.3 Å². The van der Waals surface area contributed by atoms with Gasteiger partial charge in [-0.05, 0) is 18.6 Å². The van der Waals surface area contributed by atoms with Gasteiger partial charge in [0.1, 0.15) is 5.69 Å². The summed E-state index contributed by atoms with van der Waals surface area (Å²) >= 11 is 0. The number of para-hydroxylation sites is 1. The third-order valence-electron chi connectivity index (χ3n) is 3.98. The third-order valence-corrected chi connectivity index (χ3v) is 5.93. The van der Waals surface area contributed by atoms with Crippen molar-refractivity contribution in [2.24, 2.45) is 0 Å². The first-order valence-corrected chi connectivity index (χ1v) is 8.91. The highest BCUT2D eigenvalue weighted by Gasteiger charge is 2.35. The Labute approximate surface area is 129 Å². The number of nitrogens with one attached hydrogen (secondary N) is 2. The molecule has 2 N–H and O–H groups in total. The molecule has 2 heterocycles. The molecular formula is C15H19N3O3S. The number of benzene rings is 1. The van der Waals surface area contributed by atoms with Gasteiger partial charge in [-0.3, -0.25) is 4.79 Å². The molecule has 1 fully saturated rings. The fraction of sp³-hybridized carbons (Fsp3) is 0.400. The Morgan fingerprint density at radius 2 is 2.18 bits per heavy atom. The third kappa shape index (κ3) is 2.74. The lowest BCUT2D eigenvalue weighted by Gasteiger charge is -2.16. The van der Waals surface area contributed by atoms with E-state index in [9.17, 15) is 13.2 Å². The summed E-state index contributed by atoms with van der Waals surface area (Å²) in [5, 5.41) is 0.447. The minimum absolute atomic E-state index is 0.148. The number of H-pyrrole nitrogens is 1. The van der Waals surface area contributed by atoms with E-state index in [1.807, 2.05) is 30.3 Å². The van der Waals surface area contributed by atoms with Crippen molar-refractivity contribution >= 4 is 26.8 Å². The van der Waals surface area contributed by atoms with E-state index in [2.05, 4.69) is 9.71 Å². The Balaban J connectivity index is 1.76. The number of carbonyl (C=O) groups excluding carboxylic acids is 1. The van der Waals surface area contributed by atoms with Gasteiger partial charge in [-0.15, -0.1) is 0 Å². The quantitative estimate of drug-likeness (QED) is 0.891. The van der Waals surface area contributed by atoms with Crippen LogP contribution in [0.25, 0.3) is 10.9 Å². The fourth-order valence-electron chi connectivity index (χ4n) is 2.84. The number of carbonyl (C=O) groups is 1. The van der Waals surface area contributed by atoms with E-state index in [1.165, 1.54) is 0 Å². The summed E-state index contributed by atoms with van der Waals surface area (Å²) in [4.78, 5) is 17.2. The van der Waals surface area contributed by atoms with Crippen molar-refractivity contribution in [1.82, 2.24) is 14.6 Å². The van der Waals surface area contributed by atoms with Gasteiger partial charge < -0.3 is 9.88 Å². The highest BCUT2D eigenvalue weighted by Crippen LogP contribution is 2.21. The number of aromatic amines is 1. The fourth-order valence-corrected chi connectivity index (χ4v) is 4.27. The summed E-state index contributed by atoms with van der Waals surface area (Å²) in [6.07, 6.45) is 0.474. The molecule has 0 radical (unpaired) electrons. The Kier molecular flexibility index (Phi) is 3.92. The molecule has 7 heteroatoms. The molecule has 22 heavy (non-hydrogen) atoms. The van der Waals surface area contributed by atoms with Gasteiger partial charge in [-0.2, -0.15) is 0 Å². The van der Waals surface area contributed by atoms with Crippen molar-refractivity contribution in [3.05, 3.63) is 36.0 Å². The first-order valence-electron chi connectivity index (χ1n) is 7.37. The molecule has 0 aliphatic carbocycles. The number of rotatable bonds is 4. The summed E-state index contributed by atoms with van der Waals surface area (Å²) in [6, 6.07) is 9.48. The zero-order valence-electron chi connectivity index (χ0n) is 12.4. The summed E-state index contributed by atoms with van der Waals surface area (Å²) in [5.41, 5.74) is 1.41. The molecular weight excluding hydrogens is 302 g/mol. The number of nitrogens with zero attached hydrogens (tertiary/aromatic N) is 1. The first kappa shape index (κ1) is 15.1. The van der Waals surface area contributed by atoms with Crippen molar-refractivity contribution < 1.29 is 13.2 Å². The molecule has 1 unspecified atom stereocenters. The minimum Gasteiger partial charge on any atom is -0.351 e. The molecule has 1 aromatic heterocycles. The Morgan fingerprint density at radius 1 is 1.41 bits per heavy atom. The van der Waals surface area contributed by atoms with Gasteiger partial charge in [-0.1, -0.05) is 25.1 Å². The van der Waals surface area contributed by atoms with Crippen LogP contribution in [-0.2, 0) is 10.0 Å². The number of likely N-dealkylation sites (tertiary alicyclic amines) is 1. The average molecular weight is 321 g/mol. The number of amides is 1. The summed E-state index contributed by atoms with van der Waals surface area (Å²) in [7, 11) is -3.34. The predicted octanol–water partition coefficient (Wildman–Crippen LogP) is 1.32. The highest BCUT2D eigenvalue weighted by molar-refractivity contribution is 7.90. The smallest absolute Gasteiger partial charge is 0.270 e. The molecule has 1 atom stereocenters. The molecule has 0 spiro atoms. The molecule has 1 aliphatic rings. The second-order valence-corrected chi connectivity index (χ2v) is 7.52. The van der Waals surface area contributed by atoms with Crippen LogP contribution in [0.1, 0.15) is 23.8 Å². The molecule has 2 aromatic rings. The van der Waals surface area contributed by atoms with Crippen LogP contribution in [-0.4, -0.2) is 49.1 Å². The molecule has 1 aromatic carbocycles. The number of sulfonamides is 1. The maximum absolute atomic E-state index is 12.5. The Morgan fingerprint density at radius 3 is 2.91 bits per heavy atom. The predicted molar refractivity (Wildman–Crippen MR) is 85.2 cm³/mol. The maximum Gasteiger partial charge on any atom is 0.270 e. The zero-order chi connectivity index (χ0) is 15.7. The molecule has 1 saturated heterocycles. The van der Waals surface area contributed by atoms with Crippen LogP contribution in [0, 0.1) is 0 Å². The van der Waals surface area contributed by atoms with E-state index >= 15 is 0 Å². The number of hydrogen-bond donors (Lipinski definition) is 2. The van der Waals surface area contributed by atoms with E-state index < -0.39 is 15.3 Å². The molecule has 6 nitrogen and oxygen atoms in total. The minimum atomic E-state index is -3.34. The van der Waals surface area contributed by atoms with Gasteiger partial charge in [0.05, 0.1) is 5.25 Å². The van der Waals surface area contributed by atoms with Gasteiger partial charge >= 0.3 is 0 Å². The number of fused-ring (bicyclic) bond motifs is 1. The SMILES string of the molecule is CCNS(=O)(=O)C1CCN(C(=O)c2cc3ccccc3[nH]2)C1. The van der Waals surface area contributed by atoms with Crippen LogP contribution < -0.4 is 4.72 Å². The molecule has 1 aliphatic heterocycles. The van der Waals surface area contributed by atoms with Crippen LogP contribution in [0.5, 0.6) is 0 Å². The van der Waals surface area contributed by atoms with Crippen molar-refractivity contribution in [2.75, 3.05) is 19.6 Å². The van der Waals surface area contributed by atoms with Crippen LogP contribution in [0.15, 0.2) is 30.3 Å².